The Bertz CT molecular complexity index is 332. The molecule has 0 fully saturated rings. The van der Waals surface area contributed by atoms with Gasteiger partial charge < -0.3 is 4.74 Å². The summed E-state index contributed by atoms with van der Waals surface area (Å²) < 4.78 is 5.31. The first-order chi connectivity index (χ1) is 12.1. The van der Waals surface area contributed by atoms with E-state index in [9.17, 15) is 4.79 Å². The second kappa shape index (κ2) is 20.8. The molecule has 0 spiro atoms. The van der Waals surface area contributed by atoms with Crippen molar-refractivity contribution in [1.82, 2.24) is 4.90 Å². The zero-order valence-corrected chi connectivity index (χ0v) is 18.6. The molecule has 1 unspecified atom stereocenters. The monoisotopic (exact) mass is 389 g/mol. The molecule has 0 radical (unpaired) electrons. The Hall–Kier alpha value is -0.540. The zero-order valence-electron chi connectivity index (χ0n) is 17.8. The van der Waals surface area contributed by atoms with Gasteiger partial charge in [-0.25, -0.2) is 0 Å². The van der Waals surface area contributed by atoms with E-state index in [0.29, 0.717) is 6.42 Å². The summed E-state index contributed by atoms with van der Waals surface area (Å²) in [6.07, 6.45) is 21.7. The van der Waals surface area contributed by atoms with Gasteiger partial charge in [-0.1, -0.05) is 70.4 Å². The van der Waals surface area contributed by atoms with Crippen LogP contribution in [0.15, 0.2) is 12.2 Å². The van der Waals surface area contributed by atoms with E-state index in [2.05, 4.69) is 19.1 Å². The Morgan fingerprint density at radius 3 is 1.81 bits per heavy atom. The van der Waals surface area contributed by atoms with Gasteiger partial charge in [0.15, 0.2) is 6.23 Å². The third-order valence-corrected chi connectivity index (χ3v) is 4.67. The quantitative estimate of drug-likeness (QED) is 0.117. The van der Waals surface area contributed by atoms with Gasteiger partial charge in [0.05, 0.1) is 0 Å². The second-order valence-corrected chi connectivity index (χ2v) is 7.39. The normalized spacial score (nSPS) is 12.3. The van der Waals surface area contributed by atoms with Crippen LogP contribution in [0, 0.1) is 0 Å². The van der Waals surface area contributed by atoms with Crippen LogP contribution in [0.2, 0.25) is 0 Å². The van der Waals surface area contributed by atoms with Crippen LogP contribution in [0.5, 0.6) is 0 Å². The molecule has 0 bridgehead atoms. The minimum Gasteiger partial charge on any atom is -0.447 e. The lowest BCUT2D eigenvalue weighted by atomic mass is 10.1. The fourth-order valence-electron chi connectivity index (χ4n) is 2.69. The van der Waals surface area contributed by atoms with Gasteiger partial charge in [-0.3, -0.25) is 9.69 Å². The van der Waals surface area contributed by atoms with Gasteiger partial charge in [0.2, 0.25) is 0 Å². The zero-order chi connectivity index (χ0) is 18.8. The van der Waals surface area contributed by atoms with Crippen molar-refractivity contribution >= 4 is 18.4 Å². The van der Waals surface area contributed by atoms with E-state index in [1.807, 2.05) is 25.9 Å². The highest BCUT2D eigenvalue weighted by molar-refractivity contribution is 5.85. The van der Waals surface area contributed by atoms with Crippen LogP contribution in [-0.4, -0.2) is 31.2 Å². The molecule has 0 saturated heterocycles. The van der Waals surface area contributed by atoms with E-state index in [-0.39, 0.29) is 24.6 Å². The SMILES string of the molecule is CCCCCCCCC=CCCCCCCCC(=O)OC(C)N(C)C.Cl. The summed E-state index contributed by atoms with van der Waals surface area (Å²) in [5.74, 6) is -0.0705. The minimum atomic E-state index is -0.129. The van der Waals surface area contributed by atoms with Crippen LogP contribution in [0.4, 0.5) is 0 Å². The number of unbranched alkanes of at least 4 members (excludes halogenated alkanes) is 11. The van der Waals surface area contributed by atoms with Crippen molar-refractivity contribution in [3.05, 3.63) is 12.2 Å². The van der Waals surface area contributed by atoms with Gasteiger partial charge in [-0.2, -0.15) is 0 Å². The van der Waals surface area contributed by atoms with Crippen molar-refractivity contribution in [2.24, 2.45) is 0 Å². The van der Waals surface area contributed by atoms with Gasteiger partial charge in [-0.05, 0) is 53.1 Å². The number of rotatable bonds is 17. The summed E-state index contributed by atoms with van der Waals surface area (Å²) >= 11 is 0. The highest BCUT2D eigenvalue weighted by Gasteiger charge is 2.10. The Kier molecular flexibility index (Phi) is 22.1. The number of halogens is 1. The van der Waals surface area contributed by atoms with Crippen LogP contribution in [0.25, 0.3) is 0 Å². The lowest BCUT2D eigenvalue weighted by Crippen LogP contribution is -2.29. The predicted molar refractivity (Wildman–Crippen MR) is 116 cm³/mol. The Labute approximate surface area is 169 Å². The molecule has 0 aliphatic heterocycles. The Balaban J connectivity index is 0. The van der Waals surface area contributed by atoms with E-state index >= 15 is 0 Å². The maximum absolute atomic E-state index is 11.6. The summed E-state index contributed by atoms with van der Waals surface area (Å²) in [5, 5.41) is 0. The predicted octanol–water partition coefficient (Wildman–Crippen LogP) is 6.90. The summed E-state index contributed by atoms with van der Waals surface area (Å²) in [5.41, 5.74) is 0. The number of esters is 1. The molecule has 0 saturated carbocycles. The number of carbonyl (C=O) groups excluding carboxylic acids is 1. The van der Waals surface area contributed by atoms with Crippen molar-refractivity contribution in [3.63, 3.8) is 0 Å². The minimum absolute atomic E-state index is 0. The molecule has 0 amide bonds. The van der Waals surface area contributed by atoms with E-state index in [1.165, 1.54) is 70.6 Å². The molecule has 4 heteroatoms. The van der Waals surface area contributed by atoms with Crippen LogP contribution < -0.4 is 0 Å². The Morgan fingerprint density at radius 2 is 1.31 bits per heavy atom. The lowest BCUT2D eigenvalue weighted by molar-refractivity contribution is -0.155. The van der Waals surface area contributed by atoms with E-state index in [4.69, 9.17) is 4.74 Å². The largest absolute Gasteiger partial charge is 0.447 e. The molecule has 0 aliphatic carbocycles. The van der Waals surface area contributed by atoms with E-state index < -0.39 is 0 Å². The van der Waals surface area contributed by atoms with Crippen molar-refractivity contribution < 1.29 is 9.53 Å². The molecule has 0 aromatic carbocycles. The maximum Gasteiger partial charge on any atom is 0.307 e. The number of hydrogen-bond donors (Lipinski definition) is 0. The van der Waals surface area contributed by atoms with Crippen LogP contribution in [0.1, 0.15) is 104 Å². The maximum atomic E-state index is 11.6. The molecular formula is C22H44ClNO2. The number of allylic oxidation sites excluding steroid dienone is 2. The smallest absolute Gasteiger partial charge is 0.307 e. The highest BCUT2D eigenvalue weighted by Crippen LogP contribution is 2.10. The van der Waals surface area contributed by atoms with Gasteiger partial charge in [-0.15, -0.1) is 12.4 Å². The number of nitrogens with zero attached hydrogens (tertiary/aromatic N) is 1. The molecular weight excluding hydrogens is 346 g/mol. The molecule has 0 rings (SSSR count). The van der Waals surface area contributed by atoms with Gasteiger partial charge >= 0.3 is 5.97 Å². The number of ether oxygens (including phenoxy) is 1. The fourth-order valence-corrected chi connectivity index (χ4v) is 2.69. The lowest BCUT2D eigenvalue weighted by Gasteiger charge is -2.19. The van der Waals surface area contributed by atoms with E-state index in [1.54, 1.807) is 0 Å². The second-order valence-electron chi connectivity index (χ2n) is 7.39. The summed E-state index contributed by atoms with van der Waals surface area (Å²) in [4.78, 5) is 13.5. The molecule has 3 nitrogen and oxygen atoms in total. The van der Waals surface area contributed by atoms with Crippen LogP contribution in [0.3, 0.4) is 0 Å². The fraction of sp³-hybridized carbons (Fsp3) is 0.864. The molecule has 0 aliphatic rings. The summed E-state index contributed by atoms with van der Waals surface area (Å²) in [6, 6.07) is 0. The average Bonchev–Trinajstić information content (AvgIpc) is 2.58. The molecule has 0 heterocycles. The molecule has 1 atom stereocenters. The van der Waals surface area contributed by atoms with Gasteiger partial charge in [0, 0.05) is 6.42 Å². The average molecular weight is 390 g/mol. The van der Waals surface area contributed by atoms with Crippen molar-refractivity contribution in [2.75, 3.05) is 14.1 Å². The van der Waals surface area contributed by atoms with Gasteiger partial charge in [0.1, 0.15) is 0 Å². The first kappa shape index (κ1) is 27.7. The Morgan fingerprint density at radius 1 is 0.846 bits per heavy atom. The number of carbonyl (C=O) groups is 1. The topological polar surface area (TPSA) is 29.5 Å². The van der Waals surface area contributed by atoms with Crippen LogP contribution >= 0.6 is 12.4 Å². The van der Waals surface area contributed by atoms with E-state index in [0.717, 1.165) is 12.8 Å². The van der Waals surface area contributed by atoms with Crippen molar-refractivity contribution in [3.8, 4) is 0 Å². The third kappa shape index (κ3) is 19.8. The number of hydrogen-bond acceptors (Lipinski definition) is 3. The standard InChI is InChI=1S/C22H43NO2.ClH/c1-5-6-7-8-9-10-11-12-13-14-15-16-17-18-19-20-22(24)25-21(2)23(3)4;/h12-13,21H,5-11,14-20H2,1-4H3;1H. The molecule has 0 aromatic rings. The first-order valence-corrected chi connectivity index (χ1v) is 10.6. The molecule has 156 valence electrons. The van der Waals surface area contributed by atoms with Crippen LogP contribution in [-0.2, 0) is 9.53 Å². The summed E-state index contributed by atoms with van der Waals surface area (Å²) in [6.45, 7) is 4.17. The van der Waals surface area contributed by atoms with Crippen molar-refractivity contribution in [2.45, 2.75) is 110 Å². The molecule has 0 N–H and O–H groups in total. The summed E-state index contributed by atoms with van der Waals surface area (Å²) in [7, 11) is 3.83. The molecule has 0 aromatic heterocycles. The van der Waals surface area contributed by atoms with Gasteiger partial charge in [0.25, 0.3) is 0 Å². The van der Waals surface area contributed by atoms with Crippen molar-refractivity contribution in [1.29, 1.82) is 0 Å². The highest BCUT2D eigenvalue weighted by atomic mass is 35.5. The first-order valence-electron chi connectivity index (χ1n) is 10.6. The molecule has 26 heavy (non-hydrogen) atoms. The third-order valence-electron chi connectivity index (χ3n) is 4.67.